The molecule has 4 rings (SSSR count). The van der Waals surface area contributed by atoms with Crippen LogP contribution in [-0.4, -0.2) is 21.5 Å². The molecule has 1 heterocycles. The van der Waals surface area contributed by atoms with Crippen LogP contribution < -0.4 is 0 Å². The number of rotatable bonds is 5. The number of benzene rings is 3. The van der Waals surface area contributed by atoms with Crippen LogP contribution in [0.2, 0.25) is 0 Å². The highest BCUT2D eigenvalue weighted by Gasteiger charge is 2.74. The summed E-state index contributed by atoms with van der Waals surface area (Å²) in [4.78, 5) is 27.5. The van der Waals surface area contributed by atoms with Gasteiger partial charge >= 0.3 is 0 Å². The summed E-state index contributed by atoms with van der Waals surface area (Å²) in [5.41, 5.74) is 2.38. The molecular weight excluding hydrogens is 390 g/mol. The maximum absolute atomic E-state index is 14.1. The highest BCUT2D eigenvalue weighted by molar-refractivity contribution is 8.14. The number of carbonyl (C=O) groups excluding carboxylic acids is 2. The van der Waals surface area contributed by atoms with Gasteiger partial charge < -0.3 is 4.90 Å². The van der Waals surface area contributed by atoms with Crippen molar-refractivity contribution in [1.82, 2.24) is 4.90 Å². The second-order valence-corrected chi connectivity index (χ2v) is 9.46. The van der Waals surface area contributed by atoms with Gasteiger partial charge in [0.05, 0.1) is 11.5 Å². The molecule has 1 saturated heterocycles. The molecule has 0 aliphatic carbocycles. The summed E-state index contributed by atoms with van der Waals surface area (Å²) in [5, 5.41) is -0.00167. The summed E-state index contributed by atoms with van der Waals surface area (Å²) < 4.78 is 0. The summed E-state index contributed by atoms with van der Waals surface area (Å²) in [5.74, 6) is -0.417. The van der Waals surface area contributed by atoms with Crippen LogP contribution in [0, 0.1) is 0 Å². The highest BCUT2D eigenvalue weighted by Crippen LogP contribution is 2.66. The van der Waals surface area contributed by atoms with E-state index in [-0.39, 0.29) is 11.0 Å². The molecule has 0 spiro atoms. The van der Waals surface area contributed by atoms with Crippen LogP contribution in [0.25, 0.3) is 0 Å². The van der Waals surface area contributed by atoms with Gasteiger partial charge in [0.25, 0.3) is 0 Å². The second-order valence-electron chi connectivity index (χ2n) is 8.09. The second kappa shape index (κ2) is 7.77. The molecule has 1 aliphatic rings. The third kappa shape index (κ3) is 3.25. The van der Waals surface area contributed by atoms with Gasteiger partial charge in [-0.3, -0.25) is 9.59 Å². The van der Waals surface area contributed by atoms with E-state index in [1.165, 1.54) is 11.8 Å². The lowest BCUT2D eigenvalue weighted by Gasteiger charge is -2.22. The van der Waals surface area contributed by atoms with Gasteiger partial charge in [-0.05, 0) is 30.5 Å². The molecule has 1 atom stereocenters. The summed E-state index contributed by atoms with van der Waals surface area (Å²) in [6, 6.07) is 29.6. The number of hydrogen-bond acceptors (Lipinski definition) is 3. The summed E-state index contributed by atoms with van der Waals surface area (Å²) in [6.45, 7) is 5.65. The zero-order valence-electron chi connectivity index (χ0n) is 17.4. The maximum atomic E-state index is 14.1. The Balaban J connectivity index is 1.82. The average molecular weight is 416 g/mol. The fourth-order valence-electron chi connectivity index (χ4n) is 4.47. The minimum Gasteiger partial charge on any atom is -0.312 e. The number of carbonyl (C=O) groups is 2. The SMILES string of the molecule is CC(=O)SC1(c2ccccc2)N(C(=O)C(c2ccccc2)c2ccccc2)C1(C)C. The van der Waals surface area contributed by atoms with E-state index in [1.54, 1.807) is 6.92 Å². The van der Waals surface area contributed by atoms with E-state index in [1.807, 2.05) is 110 Å². The van der Waals surface area contributed by atoms with Crippen LogP contribution in [-0.2, 0) is 14.5 Å². The molecule has 152 valence electrons. The van der Waals surface area contributed by atoms with E-state index in [2.05, 4.69) is 0 Å². The zero-order chi connectivity index (χ0) is 21.4. The average Bonchev–Trinajstić information content (AvgIpc) is 3.24. The third-order valence-electron chi connectivity index (χ3n) is 5.84. The lowest BCUT2D eigenvalue weighted by molar-refractivity contribution is -0.128. The Hall–Kier alpha value is -2.85. The molecule has 4 heteroatoms. The summed E-state index contributed by atoms with van der Waals surface area (Å²) >= 11 is 1.24. The topological polar surface area (TPSA) is 37.1 Å². The molecule has 0 N–H and O–H groups in total. The van der Waals surface area contributed by atoms with E-state index in [0.29, 0.717) is 0 Å². The number of nitrogens with zero attached hydrogens (tertiary/aromatic N) is 1. The largest absolute Gasteiger partial charge is 0.312 e. The highest BCUT2D eigenvalue weighted by atomic mass is 32.2. The van der Waals surface area contributed by atoms with Crippen molar-refractivity contribution >= 4 is 22.8 Å². The Bertz CT molecular complexity index is 1010. The van der Waals surface area contributed by atoms with Crippen LogP contribution in [0.5, 0.6) is 0 Å². The van der Waals surface area contributed by atoms with E-state index in [4.69, 9.17) is 0 Å². The number of thioether (sulfide) groups is 1. The first-order valence-electron chi connectivity index (χ1n) is 10.1. The van der Waals surface area contributed by atoms with Gasteiger partial charge in [0.2, 0.25) is 5.91 Å². The molecule has 0 radical (unpaired) electrons. The number of amides is 1. The van der Waals surface area contributed by atoms with Crippen molar-refractivity contribution in [2.75, 3.05) is 0 Å². The molecule has 0 saturated carbocycles. The minimum absolute atomic E-state index is 0.00167. The van der Waals surface area contributed by atoms with Gasteiger partial charge in [-0.25, -0.2) is 0 Å². The smallest absolute Gasteiger partial charge is 0.236 e. The van der Waals surface area contributed by atoms with E-state index in [9.17, 15) is 9.59 Å². The quantitative estimate of drug-likeness (QED) is 0.511. The van der Waals surface area contributed by atoms with Gasteiger partial charge in [0, 0.05) is 6.92 Å². The van der Waals surface area contributed by atoms with Crippen LogP contribution in [0.1, 0.15) is 43.4 Å². The predicted molar refractivity (Wildman–Crippen MR) is 122 cm³/mol. The summed E-state index contributed by atoms with van der Waals surface area (Å²) in [7, 11) is 0. The van der Waals surface area contributed by atoms with Crippen molar-refractivity contribution in [3.05, 3.63) is 108 Å². The molecule has 1 unspecified atom stereocenters. The van der Waals surface area contributed by atoms with Crippen molar-refractivity contribution in [2.45, 2.75) is 37.1 Å². The molecule has 3 nitrogen and oxygen atoms in total. The number of hydrogen-bond donors (Lipinski definition) is 0. The maximum Gasteiger partial charge on any atom is 0.236 e. The Kier molecular flexibility index (Phi) is 5.29. The van der Waals surface area contributed by atoms with Crippen LogP contribution in [0.15, 0.2) is 91.0 Å². The minimum atomic E-state index is -0.709. The Morgan fingerprint density at radius 3 is 1.63 bits per heavy atom. The fraction of sp³-hybridized carbons (Fsp3) is 0.231. The standard InChI is InChI=1S/C26H25NO2S/c1-19(28)30-26(22-17-11-6-12-18-22)25(2,3)27(26)24(29)23(20-13-7-4-8-14-20)21-15-9-5-10-16-21/h4-18,23H,1-3H3. The molecule has 3 aromatic rings. The molecular formula is C26H25NO2S. The molecule has 1 fully saturated rings. The van der Waals surface area contributed by atoms with E-state index in [0.717, 1.165) is 16.7 Å². The van der Waals surface area contributed by atoms with Gasteiger partial charge in [0.15, 0.2) is 5.12 Å². The molecule has 3 aromatic carbocycles. The van der Waals surface area contributed by atoms with E-state index < -0.39 is 16.3 Å². The van der Waals surface area contributed by atoms with Crippen LogP contribution >= 0.6 is 11.8 Å². The third-order valence-corrected chi connectivity index (χ3v) is 7.34. The van der Waals surface area contributed by atoms with Gasteiger partial charge in [-0.15, -0.1) is 0 Å². The van der Waals surface area contributed by atoms with Gasteiger partial charge in [0.1, 0.15) is 4.87 Å². The molecule has 30 heavy (non-hydrogen) atoms. The van der Waals surface area contributed by atoms with Crippen molar-refractivity contribution < 1.29 is 9.59 Å². The first-order chi connectivity index (χ1) is 14.4. The van der Waals surface area contributed by atoms with Crippen molar-refractivity contribution in [2.24, 2.45) is 0 Å². The lowest BCUT2D eigenvalue weighted by Crippen LogP contribution is -2.27. The van der Waals surface area contributed by atoms with E-state index >= 15 is 0 Å². The Labute approximate surface area is 182 Å². The van der Waals surface area contributed by atoms with Crippen molar-refractivity contribution in [3.8, 4) is 0 Å². The summed E-state index contributed by atoms with van der Waals surface area (Å²) in [6.07, 6.45) is 0. The lowest BCUT2D eigenvalue weighted by atomic mass is 9.90. The zero-order valence-corrected chi connectivity index (χ0v) is 18.2. The van der Waals surface area contributed by atoms with Crippen molar-refractivity contribution in [3.63, 3.8) is 0 Å². The Morgan fingerprint density at radius 2 is 1.20 bits per heavy atom. The molecule has 0 aromatic heterocycles. The first-order valence-corrected chi connectivity index (χ1v) is 10.9. The molecule has 1 amide bonds. The van der Waals surface area contributed by atoms with Gasteiger partial charge in [-0.1, -0.05) is 103 Å². The van der Waals surface area contributed by atoms with Crippen LogP contribution in [0.4, 0.5) is 0 Å². The predicted octanol–water partition coefficient (Wildman–Crippen LogP) is 5.57. The molecule has 0 bridgehead atoms. The monoisotopic (exact) mass is 415 g/mol. The Morgan fingerprint density at radius 1 is 0.767 bits per heavy atom. The fourth-order valence-corrected chi connectivity index (χ4v) is 5.84. The van der Waals surface area contributed by atoms with Crippen LogP contribution in [0.3, 0.4) is 0 Å². The first kappa shape index (κ1) is 20.4. The van der Waals surface area contributed by atoms with Gasteiger partial charge in [-0.2, -0.15) is 0 Å². The normalized spacial score (nSPS) is 19.5. The van der Waals surface area contributed by atoms with Crippen molar-refractivity contribution in [1.29, 1.82) is 0 Å². The molecule has 1 aliphatic heterocycles.